The lowest BCUT2D eigenvalue weighted by Gasteiger charge is -2.32. The van der Waals surface area contributed by atoms with Crippen LogP contribution < -0.4 is 5.73 Å². The summed E-state index contributed by atoms with van der Waals surface area (Å²) in [5, 5.41) is 3.60. The molecule has 1 aliphatic carbocycles. The number of hydrogen-bond donors (Lipinski definition) is 1. The van der Waals surface area contributed by atoms with Gasteiger partial charge in [0, 0.05) is 12.2 Å². The fourth-order valence-electron chi connectivity index (χ4n) is 2.35. The van der Waals surface area contributed by atoms with Gasteiger partial charge in [0.1, 0.15) is 0 Å². The smallest absolute Gasteiger partial charge is 0.326 e. The summed E-state index contributed by atoms with van der Waals surface area (Å²) in [5.41, 5.74) is 5.10. The lowest BCUT2D eigenvalue weighted by Crippen LogP contribution is -2.37. The van der Waals surface area contributed by atoms with E-state index in [-0.39, 0.29) is 12.1 Å². The summed E-state index contributed by atoms with van der Waals surface area (Å²) in [7, 11) is 0. The van der Waals surface area contributed by atoms with Gasteiger partial charge in [0.25, 0.3) is 0 Å². The fourth-order valence-corrected chi connectivity index (χ4v) is 2.35. The molecule has 1 saturated carbocycles. The highest BCUT2D eigenvalue weighted by Crippen LogP contribution is 2.33. The fraction of sp³-hybridized carbons (Fsp3) is 0.727. The number of rotatable bonds is 1. The van der Waals surface area contributed by atoms with E-state index in [1.54, 1.807) is 0 Å². The SMILES string of the molecule is CC1CCC(N)C(n2ccc(C(F)(F)F)n2)C1. The molecule has 0 aromatic carbocycles. The van der Waals surface area contributed by atoms with Gasteiger partial charge in [0.2, 0.25) is 0 Å². The van der Waals surface area contributed by atoms with Gasteiger partial charge >= 0.3 is 6.18 Å². The first kappa shape index (κ1) is 12.4. The predicted octanol–water partition coefficient (Wildman–Crippen LogP) is 2.59. The summed E-state index contributed by atoms with van der Waals surface area (Å²) in [4.78, 5) is 0. The molecular formula is C11H16F3N3. The molecule has 2 rings (SSSR count). The second kappa shape index (κ2) is 4.33. The Balaban J connectivity index is 2.19. The van der Waals surface area contributed by atoms with Crippen molar-refractivity contribution in [1.29, 1.82) is 0 Å². The Morgan fingerprint density at radius 3 is 2.71 bits per heavy atom. The van der Waals surface area contributed by atoms with Crippen molar-refractivity contribution >= 4 is 0 Å². The van der Waals surface area contributed by atoms with Gasteiger partial charge < -0.3 is 5.73 Å². The van der Waals surface area contributed by atoms with E-state index in [1.165, 1.54) is 10.9 Å². The van der Waals surface area contributed by atoms with Crippen LogP contribution in [-0.2, 0) is 6.18 Å². The number of halogens is 3. The number of hydrogen-bond acceptors (Lipinski definition) is 2. The van der Waals surface area contributed by atoms with E-state index >= 15 is 0 Å². The molecule has 1 aliphatic rings. The van der Waals surface area contributed by atoms with E-state index in [2.05, 4.69) is 12.0 Å². The molecule has 1 aromatic rings. The third-order valence-electron chi connectivity index (χ3n) is 3.37. The maximum Gasteiger partial charge on any atom is 0.435 e. The van der Waals surface area contributed by atoms with Gasteiger partial charge in [-0.25, -0.2) is 0 Å². The largest absolute Gasteiger partial charge is 0.435 e. The molecule has 17 heavy (non-hydrogen) atoms. The van der Waals surface area contributed by atoms with E-state index in [9.17, 15) is 13.2 Å². The number of alkyl halides is 3. The third-order valence-corrected chi connectivity index (χ3v) is 3.37. The molecular weight excluding hydrogens is 231 g/mol. The maximum atomic E-state index is 12.4. The summed E-state index contributed by atoms with van der Waals surface area (Å²) in [6, 6.07) is 0.786. The van der Waals surface area contributed by atoms with Crippen molar-refractivity contribution in [2.24, 2.45) is 11.7 Å². The normalized spacial score (nSPS) is 30.5. The van der Waals surface area contributed by atoms with Gasteiger partial charge in [-0.15, -0.1) is 0 Å². The van der Waals surface area contributed by atoms with Crippen molar-refractivity contribution in [3.63, 3.8) is 0 Å². The molecule has 3 nitrogen and oxygen atoms in total. The van der Waals surface area contributed by atoms with E-state index in [0.29, 0.717) is 5.92 Å². The minimum Gasteiger partial charge on any atom is -0.326 e. The molecule has 1 heterocycles. The van der Waals surface area contributed by atoms with Gasteiger partial charge in [-0.05, 0) is 31.2 Å². The van der Waals surface area contributed by atoms with Crippen molar-refractivity contribution in [1.82, 2.24) is 9.78 Å². The molecule has 1 aromatic heterocycles. The molecule has 0 saturated heterocycles. The molecule has 1 fully saturated rings. The minimum atomic E-state index is -4.38. The lowest BCUT2D eigenvalue weighted by atomic mass is 9.84. The average molecular weight is 247 g/mol. The Bertz CT molecular complexity index is 386. The average Bonchev–Trinajstić information content (AvgIpc) is 2.70. The summed E-state index contributed by atoms with van der Waals surface area (Å²) in [6.07, 6.45) is -0.334. The van der Waals surface area contributed by atoms with E-state index < -0.39 is 11.9 Å². The van der Waals surface area contributed by atoms with Crippen LogP contribution in [0.25, 0.3) is 0 Å². The van der Waals surface area contributed by atoms with E-state index in [0.717, 1.165) is 25.3 Å². The van der Waals surface area contributed by atoms with Crippen LogP contribution >= 0.6 is 0 Å². The van der Waals surface area contributed by atoms with Crippen molar-refractivity contribution < 1.29 is 13.2 Å². The number of nitrogens with zero attached hydrogens (tertiary/aromatic N) is 2. The van der Waals surface area contributed by atoms with Gasteiger partial charge in [-0.2, -0.15) is 18.3 Å². The summed E-state index contributed by atoms with van der Waals surface area (Å²) < 4.78 is 38.7. The highest BCUT2D eigenvalue weighted by atomic mass is 19.4. The highest BCUT2D eigenvalue weighted by molar-refractivity contribution is 5.04. The Labute approximate surface area is 97.8 Å². The zero-order valence-corrected chi connectivity index (χ0v) is 9.61. The quantitative estimate of drug-likeness (QED) is 0.829. The first-order valence-corrected chi connectivity index (χ1v) is 5.76. The zero-order valence-electron chi connectivity index (χ0n) is 9.61. The Morgan fingerprint density at radius 1 is 1.41 bits per heavy atom. The molecule has 0 radical (unpaired) electrons. The van der Waals surface area contributed by atoms with E-state index in [4.69, 9.17) is 5.73 Å². The van der Waals surface area contributed by atoms with E-state index in [1.807, 2.05) is 0 Å². The van der Waals surface area contributed by atoms with Crippen molar-refractivity contribution in [2.75, 3.05) is 0 Å². The molecule has 3 unspecified atom stereocenters. The molecule has 0 spiro atoms. The van der Waals surface area contributed by atoms with Crippen LogP contribution in [0.2, 0.25) is 0 Å². The number of aromatic nitrogens is 2. The maximum absolute atomic E-state index is 12.4. The summed E-state index contributed by atoms with van der Waals surface area (Å²) in [6.45, 7) is 2.09. The molecule has 96 valence electrons. The minimum absolute atomic E-state index is 0.104. The van der Waals surface area contributed by atoms with Gasteiger partial charge in [-0.3, -0.25) is 4.68 Å². The van der Waals surface area contributed by atoms with Crippen LogP contribution in [-0.4, -0.2) is 15.8 Å². The van der Waals surface area contributed by atoms with Crippen LogP contribution in [0.5, 0.6) is 0 Å². The predicted molar refractivity (Wildman–Crippen MR) is 57.3 cm³/mol. The van der Waals surface area contributed by atoms with Crippen molar-refractivity contribution in [3.8, 4) is 0 Å². The molecule has 2 N–H and O–H groups in total. The molecule has 3 atom stereocenters. The highest BCUT2D eigenvalue weighted by Gasteiger charge is 2.35. The van der Waals surface area contributed by atoms with Crippen LogP contribution in [0.3, 0.4) is 0 Å². The zero-order chi connectivity index (χ0) is 12.6. The van der Waals surface area contributed by atoms with Gasteiger partial charge in [-0.1, -0.05) is 6.92 Å². The van der Waals surface area contributed by atoms with Crippen molar-refractivity contribution in [3.05, 3.63) is 18.0 Å². The first-order valence-electron chi connectivity index (χ1n) is 5.76. The molecule has 0 amide bonds. The summed E-state index contributed by atoms with van der Waals surface area (Å²) in [5.74, 6) is 0.485. The second-order valence-electron chi connectivity index (χ2n) is 4.83. The molecule has 0 bridgehead atoms. The topological polar surface area (TPSA) is 43.8 Å². The third kappa shape index (κ3) is 2.62. The van der Waals surface area contributed by atoms with Gasteiger partial charge in [0.05, 0.1) is 6.04 Å². The standard InChI is InChI=1S/C11H16F3N3/c1-7-2-3-8(15)9(6-7)17-5-4-10(16-17)11(12,13)14/h4-5,7-9H,2-3,6,15H2,1H3. The van der Waals surface area contributed by atoms with Crippen LogP contribution in [0.1, 0.15) is 37.9 Å². The Hall–Kier alpha value is -1.04. The van der Waals surface area contributed by atoms with Crippen LogP contribution in [0.4, 0.5) is 13.2 Å². The van der Waals surface area contributed by atoms with Crippen LogP contribution in [0.15, 0.2) is 12.3 Å². The molecule has 0 aliphatic heterocycles. The Morgan fingerprint density at radius 2 is 2.12 bits per heavy atom. The monoisotopic (exact) mass is 247 g/mol. The second-order valence-corrected chi connectivity index (χ2v) is 4.83. The first-order chi connectivity index (χ1) is 7.88. The van der Waals surface area contributed by atoms with Crippen LogP contribution in [0, 0.1) is 5.92 Å². The summed E-state index contributed by atoms with van der Waals surface area (Å²) >= 11 is 0. The molecule has 6 heteroatoms. The van der Waals surface area contributed by atoms with Gasteiger partial charge in [0.15, 0.2) is 5.69 Å². The number of nitrogens with two attached hydrogens (primary N) is 1. The lowest BCUT2D eigenvalue weighted by molar-refractivity contribution is -0.141. The Kier molecular flexibility index (Phi) is 3.16. The van der Waals surface area contributed by atoms with Crippen molar-refractivity contribution in [2.45, 2.75) is 44.4 Å².